The number of hydrogen-bond donors (Lipinski definition) is 2. The lowest BCUT2D eigenvalue weighted by atomic mass is 10.0. The second kappa shape index (κ2) is 5.67. The van der Waals surface area contributed by atoms with Crippen molar-refractivity contribution in [1.82, 2.24) is 10.6 Å². The first-order valence-electron chi connectivity index (χ1n) is 5.98. The summed E-state index contributed by atoms with van der Waals surface area (Å²) >= 11 is 6.18. The lowest BCUT2D eigenvalue weighted by Crippen LogP contribution is -2.40. The highest BCUT2D eigenvalue weighted by molar-refractivity contribution is 6.31. The van der Waals surface area contributed by atoms with Crippen LogP contribution in [0.25, 0.3) is 0 Å². The summed E-state index contributed by atoms with van der Waals surface area (Å²) in [6.45, 7) is 4.42. The third kappa shape index (κ3) is 2.97. The van der Waals surface area contributed by atoms with Gasteiger partial charge < -0.3 is 10.6 Å². The van der Waals surface area contributed by atoms with Gasteiger partial charge in [0.2, 0.25) is 0 Å². The molecule has 1 heterocycles. The van der Waals surface area contributed by atoms with E-state index < -0.39 is 0 Å². The molecule has 0 aliphatic carbocycles. The van der Waals surface area contributed by atoms with Gasteiger partial charge in [0.1, 0.15) is 0 Å². The summed E-state index contributed by atoms with van der Waals surface area (Å²) in [6.07, 6.45) is 2.41. The van der Waals surface area contributed by atoms with Crippen LogP contribution in [0.2, 0.25) is 5.02 Å². The van der Waals surface area contributed by atoms with Gasteiger partial charge in [-0.15, -0.1) is 0 Å². The Balaban J connectivity index is 1.96. The van der Waals surface area contributed by atoms with Crippen molar-refractivity contribution >= 4 is 11.6 Å². The fourth-order valence-electron chi connectivity index (χ4n) is 2.26. The standard InChI is InChI=1S/C13H19ClN2/c1-10(12-4-2-3-5-13(12)14)16-11-6-8-15-9-7-11/h2-5,10-11,15-16H,6-9H2,1H3. The summed E-state index contributed by atoms with van der Waals surface area (Å²) in [5.74, 6) is 0. The van der Waals surface area contributed by atoms with Crippen molar-refractivity contribution in [2.45, 2.75) is 31.8 Å². The first-order chi connectivity index (χ1) is 7.77. The Morgan fingerprint density at radius 3 is 2.69 bits per heavy atom. The molecular formula is C13H19ClN2. The van der Waals surface area contributed by atoms with Gasteiger partial charge in [-0.3, -0.25) is 0 Å². The molecule has 1 aromatic carbocycles. The summed E-state index contributed by atoms with van der Waals surface area (Å²) in [7, 11) is 0. The molecule has 88 valence electrons. The Kier molecular flexibility index (Phi) is 4.22. The number of piperidine rings is 1. The van der Waals surface area contributed by atoms with Crippen LogP contribution in [0.5, 0.6) is 0 Å². The maximum atomic E-state index is 6.18. The zero-order valence-corrected chi connectivity index (χ0v) is 10.4. The van der Waals surface area contributed by atoms with E-state index >= 15 is 0 Å². The molecule has 3 heteroatoms. The molecule has 1 atom stereocenters. The zero-order chi connectivity index (χ0) is 11.4. The molecule has 0 aromatic heterocycles. The molecule has 1 fully saturated rings. The quantitative estimate of drug-likeness (QED) is 0.846. The van der Waals surface area contributed by atoms with Gasteiger partial charge >= 0.3 is 0 Å². The lowest BCUT2D eigenvalue weighted by molar-refractivity contribution is 0.359. The molecule has 0 saturated carbocycles. The molecule has 2 nitrogen and oxygen atoms in total. The van der Waals surface area contributed by atoms with Gasteiger partial charge in [-0.1, -0.05) is 29.8 Å². The highest BCUT2D eigenvalue weighted by Gasteiger charge is 2.16. The summed E-state index contributed by atoms with van der Waals surface area (Å²) in [5.41, 5.74) is 1.20. The second-order valence-corrected chi connectivity index (χ2v) is 4.84. The first-order valence-corrected chi connectivity index (χ1v) is 6.36. The Hall–Kier alpha value is -0.570. The van der Waals surface area contributed by atoms with Crippen molar-refractivity contribution in [3.63, 3.8) is 0 Å². The molecule has 1 saturated heterocycles. The van der Waals surface area contributed by atoms with Gasteiger partial charge in [0.25, 0.3) is 0 Å². The monoisotopic (exact) mass is 238 g/mol. The van der Waals surface area contributed by atoms with Crippen molar-refractivity contribution < 1.29 is 0 Å². The Labute approximate surface area is 102 Å². The maximum Gasteiger partial charge on any atom is 0.0453 e. The molecule has 1 aromatic rings. The molecule has 0 amide bonds. The van der Waals surface area contributed by atoms with Crippen molar-refractivity contribution in [3.8, 4) is 0 Å². The van der Waals surface area contributed by atoms with E-state index in [-0.39, 0.29) is 0 Å². The third-order valence-electron chi connectivity index (χ3n) is 3.20. The predicted octanol–water partition coefficient (Wildman–Crippen LogP) is 2.74. The molecule has 16 heavy (non-hydrogen) atoms. The molecular weight excluding hydrogens is 220 g/mol. The summed E-state index contributed by atoms with van der Waals surface area (Å²) < 4.78 is 0. The average Bonchev–Trinajstić information content (AvgIpc) is 2.31. The first kappa shape index (κ1) is 11.9. The van der Waals surface area contributed by atoms with E-state index in [1.165, 1.54) is 18.4 Å². The molecule has 1 aliphatic rings. The van der Waals surface area contributed by atoms with E-state index in [4.69, 9.17) is 11.6 Å². The number of benzene rings is 1. The fraction of sp³-hybridized carbons (Fsp3) is 0.538. The minimum Gasteiger partial charge on any atom is -0.317 e. The molecule has 0 spiro atoms. The predicted molar refractivity (Wildman–Crippen MR) is 68.9 cm³/mol. The van der Waals surface area contributed by atoms with Crippen LogP contribution >= 0.6 is 11.6 Å². The Morgan fingerprint density at radius 2 is 2.00 bits per heavy atom. The van der Waals surface area contributed by atoms with Crippen molar-refractivity contribution in [3.05, 3.63) is 34.9 Å². The molecule has 1 aliphatic heterocycles. The van der Waals surface area contributed by atoms with Crippen LogP contribution in [0, 0.1) is 0 Å². The Bertz CT molecular complexity index is 334. The van der Waals surface area contributed by atoms with Gasteiger partial charge in [0.15, 0.2) is 0 Å². The topological polar surface area (TPSA) is 24.1 Å². The zero-order valence-electron chi connectivity index (χ0n) is 9.67. The van der Waals surface area contributed by atoms with E-state index in [1.54, 1.807) is 0 Å². The molecule has 0 radical (unpaired) electrons. The van der Waals surface area contributed by atoms with Crippen LogP contribution < -0.4 is 10.6 Å². The van der Waals surface area contributed by atoms with E-state index in [2.05, 4.69) is 23.6 Å². The van der Waals surface area contributed by atoms with E-state index in [1.807, 2.05) is 18.2 Å². The Morgan fingerprint density at radius 1 is 1.31 bits per heavy atom. The van der Waals surface area contributed by atoms with Crippen molar-refractivity contribution in [2.24, 2.45) is 0 Å². The van der Waals surface area contributed by atoms with Gasteiger partial charge in [-0.05, 0) is 44.5 Å². The van der Waals surface area contributed by atoms with Crippen LogP contribution in [0.1, 0.15) is 31.4 Å². The van der Waals surface area contributed by atoms with Crippen molar-refractivity contribution in [2.75, 3.05) is 13.1 Å². The number of rotatable bonds is 3. The third-order valence-corrected chi connectivity index (χ3v) is 3.54. The van der Waals surface area contributed by atoms with Crippen LogP contribution in [-0.2, 0) is 0 Å². The van der Waals surface area contributed by atoms with E-state index in [0.29, 0.717) is 12.1 Å². The SMILES string of the molecule is CC(NC1CCNCC1)c1ccccc1Cl. The number of nitrogens with one attached hydrogen (secondary N) is 2. The number of hydrogen-bond acceptors (Lipinski definition) is 2. The lowest BCUT2D eigenvalue weighted by Gasteiger charge is -2.27. The summed E-state index contributed by atoms with van der Waals surface area (Å²) in [6, 6.07) is 9.02. The average molecular weight is 239 g/mol. The smallest absolute Gasteiger partial charge is 0.0453 e. The maximum absolute atomic E-state index is 6.18. The van der Waals surface area contributed by atoms with Gasteiger partial charge in [-0.2, -0.15) is 0 Å². The van der Waals surface area contributed by atoms with Crippen LogP contribution in [0.15, 0.2) is 24.3 Å². The van der Waals surface area contributed by atoms with E-state index in [0.717, 1.165) is 18.1 Å². The minimum absolute atomic E-state index is 0.330. The minimum atomic E-state index is 0.330. The fourth-order valence-corrected chi connectivity index (χ4v) is 2.56. The van der Waals surface area contributed by atoms with Gasteiger partial charge in [0, 0.05) is 17.1 Å². The highest BCUT2D eigenvalue weighted by atomic mass is 35.5. The molecule has 0 bridgehead atoms. The van der Waals surface area contributed by atoms with E-state index in [9.17, 15) is 0 Å². The van der Waals surface area contributed by atoms with Crippen LogP contribution in [0.4, 0.5) is 0 Å². The molecule has 2 rings (SSSR count). The molecule has 1 unspecified atom stereocenters. The van der Waals surface area contributed by atoms with Crippen LogP contribution in [0.3, 0.4) is 0 Å². The van der Waals surface area contributed by atoms with Crippen LogP contribution in [-0.4, -0.2) is 19.1 Å². The van der Waals surface area contributed by atoms with Crippen molar-refractivity contribution in [1.29, 1.82) is 0 Å². The van der Waals surface area contributed by atoms with Gasteiger partial charge in [-0.25, -0.2) is 0 Å². The summed E-state index contributed by atoms with van der Waals surface area (Å²) in [5, 5.41) is 7.88. The summed E-state index contributed by atoms with van der Waals surface area (Å²) in [4.78, 5) is 0. The highest BCUT2D eigenvalue weighted by Crippen LogP contribution is 2.23. The molecule has 2 N–H and O–H groups in total. The number of halogens is 1. The van der Waals surface area contributed by atoms with Gasteiger partial charge in [0.05, 0.1) is 0 Å². The second-order valence-electron chi connectivity index (χ2n) is 4.43. The largest absolute Gasteiger partial charge is 0.317 e. The normalized spacial score (nSPS) is 19.6.